The zero-order chi connectivity index (χ0) is 28.8. The van der Waals surface area contributed by atoms with Crippen LogP contribution in [0.1, 0.15) is 23.6 Å². The van der Waals surface area contributed by atoms with E-state index in [0.29, 0.717) is 22.4 Å². The molecule has 208 valence electrons. The first-order valence-corrected chi connectivity index (χ1v) is 12.5. The Morgan fingerprint density at radius 3 is 2.23 bits per heavy atom. The van der Waals surface area contributed by atoms with Gasteiger partial charge in [0.15, 0.2) is 11.5 Å². The molecule has 4 bridgehead atoms. The number of carbonyl (C=O) groups excluding carboxylic acids is 3. The molecule has 40 heavy (non-hydrogen) atoms. The summed E-state index contributed by atoms with van der Waals surface area (Å²) >= 11 is 0. The molecule has 2 aliphatic rings. The molecule has 0 saturated carbocycles. The second kappa shape index (κ2) is 12.2. The number of carboxylic acids is 1. The molecule has 3 aromatic rings. The number of phenolic OH excluding ortho intramolecular Hbond substituents is 2. The number of hydrogen-bond donors (Lipinski definition) is 6. The predicted molar refractivity (Wildman–Crippen MR) is 143 cm³/mol. The Labute approximate surface area is 229 Å². The van der Waals surface area contributed by atoms with Crippen LogP contribution in [0.3, 0.4) is 0 Å². The largest absolute Gasteiger partial charge is 0.508 e. The summed E-state index contributed by atoms with van der Waals surface area (Å²) in [4.78, 5) is 50.8. The summed E-state index contributed by atoms with van der Waals surface area (Å²) in [6, 6.07) is 13.5. The minimum Gasteiger partial charge on any atom is -0.508 e. The molecule has 5 rings (SSSR count). The van der Waals surface area contributed by atoms with Gasteiger partial charge in [-0.2, -0.15) is 0 Å². The lowest BCUT2D eigenvalue weighted by atomic mass is 10.0. The van der Waals surface area contributed by atoms with Gasteiger partial charge in [0, 0.05) is 26.2 Å². The van der Waals surface area contributed by atoms with Crippen molar-refractivity contribution >= 4 is 23.7 Å². The molecule has 0 fully saturated rings. The maximum atomic E-state index is 13.4. The number of amides is 3. The average Bonchev–Trinajstić information content (AvgIpc) is 2.90. The van der Waals surface area contributed by atoms with E-state index in [9.17, 15) is 34.5 Å². The molecule has 0 aliphatic carbocycles. The average molecular weight is 548 g/mol. The van der Waals surface area contributed by atoms with E-state index in [-0.39, 0.29) is 36.5 Å². The number of nitrogens with one attached hydrogen (secondary N) is 3. The van der Waals surface area contributed by atoms with Crippen molar-refractivity contribution in [1.82, 2.24) is 16.0 Å². The molecular formula is C29H29N3O8. The third kappa shape index (κ3) is 7.28. The number of fused-ring (bicyclic) bond motifs is 10. The minimum absolute atomic E-state index is 0.0110. The Kier molecular flexibility index (Phi) is 8.53. The third-order valence-electron chi connectivity index (χ3n) is 6.37. The molecule has 3 atom stereocenters. The van der Waals surface area contributed by atoms with Gasteiger partial charge in [0.25, 0.3) is 0 Å². The maximum Gasteiger partial charge on any atom is 0.326 e. The van der Waals surface area contributed by atoms with Gasteiger partial charge in [0.1, 0.15) is 29.6 Å². The molecule has 11 heteroatoms. The molecular weight excluding hydrogens is 518 g/mol. The zero-order valence-corrected chi connectivity index (χ0v) is 21.6. The van der Waals surface area contributed by atoms with Crippen molar-refractivity contribution in [3.05, 3.63) is 83.4 Å². The van der Waals surface area contributed by atoms with Crippen LogP contribution in [-0.4, -0.2) is 57.1 Å². The fourth-order valence-electron chi connectivity index (χ4n) is 4.34. The molecule has 3 amide bonds. The topological polar surface area (TPSA) is 174 Å². The molecule has 0 aromatic heterocycles. The summed E-state index contributed by atoms with van der Waals surface area (Å²) in [5.74, 6) is -2.79. The van der Waals surface area contributed by atoms with Crippen LogP contribution >= 0.6 is 0 Å². The summed E-state index contributed by atoms with van der Waals surface area (Å²) in [6.07, 6.45) is -0.0500. The molecule has 3 aromatic carbocycles. The van der Waals surface area contributed by atoms with Crippen LogP contribution < -0.4 is 20.7 Å². The molecule has 0 saturated heterocycles. The summed E-state index contributed by atoms with van der Waals surface area (Å²) in [5, 5.41) is 37.5. The smallest absolute Gasteiger partial charge is 0.326 e. The molecule has 11 nitrogen and oxygen atoms in total. The van der Waals surface area contributed by atoms with Gasteiger partial charge in [-0.1, -0.05) is 30.3 Å². The monoisotopic (exact) mass is 547 g/mol. The van der Waals surface area contributed by atoms with Gasteiger partial charge >= 0.3 is 5.97 Å². The number of hydrogen-bond acceptors (Lipinski definition) is 7. The number of benzene rings is 3. The first-order chi connectivity index (χ1) is 19.1. The van der Waals surface area contributed by atoms with Crippen molar-refractivity contribution in [1.29, 1.82) is 0 Å². The highest BCUT2D eigenvalue weighted by Crippen LogP contribution is 2.32. The van der Waals surface area contributed by atoms with E-state index in [1.54, 1.807) is 36.4 Å². The van der Waals surface area contributed by atoms with Crippen LogP contribution in [0.2, 0.25) is 0 Å². The highest BCUT2D eigenvalue weighted by molar-refractivity contribution is 5.93. The SMILES string of the molecule is CC(=O)N[C@H]1Cc2ccc(cc2)Oc2cc(ccc2O)C[C@H](C(=O)O)NC(=O)[C@H](Cc2ccc(O)cc2)NC1=O. The standard InChI is InChI=1S/C29H29N3O8/c1-16(33)30-22-12-18-4-9-21(10-5-18)40-26-15-19(6-11-25(26)35)14-24(29(38)39)32-28(37)23(31-27(22)36)13-17-2-7-20(34)8-3-17/h2-11,15,22-24,34-35H,12-14H2,1H3,(H,30,33)(H,31,36)(H,32,37)(H,38,39)/t22-,23-,24+/m0/s1. The van der Waals surface area contributed by atoms with Gasteiger partial charge < -0.3 is 36.0 Å². The molecule has 6 N–H and O–H groups in total. The Morgan fingerprint density at radius 2 is 1.57 bits per heavy atom. The van der Waals surface area contributed by atoms with Gasteiger partial charge in [-0.25, -0.2) is 4.79 Å². The molecule has 2 aliphatic heterocycles. The van der Waals surface area contributed by atoms with E-state index in [2.05, 4.69) is 16.0 Å². The Balaban J connectivity index is 1.74. The molecule has 2 heterocycles. The quantitative estimate of drug-likeness (QED) is 0.287. The van der Waals surface area contributed by atoms with Crippen molar-refractivity contribution < 1.29 is 39.2 Å². The normalized spacial score (nSPS) is 19.5. The van der Waals surface area contributed by atoms with Crippen LogP contribution in [0.15, 0.2) is 66.7 Å². The van der Waals surface area contributed by atoms with Gasteiger partial charge in [-0.3, -0.25) is 14.4 Å². The van der Waals surface area contributed by atoms with Gasteiger partial charge in [-0.15, -0.1) is 0 Å². The van der Waals surface area contributed by atoms with E-state index in [0.717, 1.165) is 0 Å². The zero-order valence-electron chi connectivity index (χ0n) is 21.6. The van der Waals surface area contributed by atoms with Crippen molar-refractivity contribution in [2.45, 2.75) is 44.3 Å². The summed E-state index contributed by atoms with van der Waals surface area (Å²) in [7, 11) is 0. The van der Waals surface area contributed by atoms with Crippen LogP contribution in [0.5, 0.6) is 23.0 Å². The van der Waals surface area contributed by atoms with E-state index in [4.69, 9.17) is 4.74 Å². The van der Waals surface area contributed by atoms with Crippen molar-refractivity contribution in [3.8, 4) is 23.0 Å². The van der Waals surface area contributed by atoms with Crippen LogP contribution in [0.4, 0.5) is 0 Å². The number of carbonyl (C=O) groups is 4. The van der Waals surface area contributed by atoms with E-state index < -0.39 is 41.8 Å². The number of ether oxygens (including phenoxy) is 1. The second-order valence-electron chi connectivity index (χ2n) is 9.54. The summed E-state index contributed by atoms with van der Waals surface area (Å²) in [6.45, 7) is 1.27. The second-order valence-corrected chi connectivity index (χ2v) is 9.54. The van der Waals surface area contributed by atoms with Crippen molar-refractivity contribution in [3.63, 3.8) is 0 Å². The highest BCUT2D eigenvalue weighted by atomic mass is 16.5. The molecule has 0 spiro atoms. The molecule has 0 unspecified atom stereocenters. The minimum atomic E-state index is -1.37. The maximum absolute atomic E-state index is 13.4. The Hall–Kier alpha value is -5.06. The van der Waals surface area contributed by atoms with Crippen LogP contribution in [0, 0.1) is 0 Å². The number of phenols is 2. The number of aromatic hydroxyl groups is 2. The number of carboxylic acid groups (broad SMARTS) is 1. The Bertz CT molecular complexity index is 1410. The first kappa shape index (κ1) is 28.0. The van der Waals surface area contributed by atoms with E-state index in [1.165, 1.54) is 37.3 Å². The summed E-state index contributed by atoms with van der Waals surface area (Å²) < 4.78 is 5.80. The third-order valence-corrected chi connectivity index (χ3v) is 6.37. The lowest BCUT2D eigenvalue weighted by Gasteiger charge is -2.24. The lowest BCUT2D eigenvalue weighted by Crippen LogP contribution is -2.57. The first-order valence-electron chi connectivity index (χ1n) is 12.5. The van der Waals surface area contributed by atoms with Crippen molar-refractivity contribution in [2.24, 2.45) is 0 Å². The van der Waals surface area contributed by atoms with Gasteiger partial charge in [0.2, 0.25) is 17.7 Å². The summed E-state index contributed by atoms with van der Waals surface area (Å²) in [5.41, 5.74) is 1.77. The van der Waals surface area contributed by atoms with Crippen molar-refractivity contribution in [2.75, 3.05) is 0 Å². The van der Waals surface area contributed by atoms with E-state index >= 15 is 0 Å². The van der Waals surface area contributed by atoms with E-state index in [1.807, 2.05) is 0 Å². The lowest BCUT2D eigenvalue weighted by molar-refractivity contribution is -0.142. The highest BCUT2D eigenvalue weighted by Gasteiger charge is 2.30. The fraction of sp³-hybridized carbons (Fsp3) is 0.241. The van der Waals surface area contributed by atoms with Crippen LogP contribution in [0.25, 0.3) is 0 Å². The predicted octanol–water partition coefficient (Wildman–Crippen LogP) is 1.79. The Morgan fingerprint density at radius 1 is 0.900 bits per heavy atom. The number of rotatable bonds is 4. The van der Waals surface area contributed by atoms with Gasteiger partial charge in [0.05, 0.1) is 0 Å². The molecule has 0 radical (unpaired) electrons. The number of aliphatic carboxylic acids is 1. The fourth-order valence-corrected chi connectivity index (χ4v) is 4.34. The van der Waals surface area contributed by atoms with Gasteiger partial charge in [-0.05, 0) is 53.1 Å². The van der Waals surface area contributed by atoms with Crippen LogP contribution in [-0.2, 0) is 38.4 Å².